The third-order valence-electron chi connectivity index (χ3n) is 2.19. The maximum absolute atomic E-state index is 9.30. The number of hydrogen-bond acceptors (Lipinski definition) is 6. The summed E-state index contributed by atoms with van der Waals surface area (Å²) in [6.45, 7) is -0.0394. The number of hydrogen-bond donors (Lipinski definition) is 1. The number of aliphatic hydroxyl groups excluding tert-OH is 1. The van der Waals surface area contributed by atoms with Crippen molar-refractivity contribution in [1.29, 1.82) is 0 Å². The lowest BCUT2D eigenvalue weighted by Crippen LogP contribution is -2.07. The highest BCUT2D eigenvalue weighted by molar-refractivity contribution is 8.01. The number of rotatable bonds is 4. The van der Waals surface area contributed by atoms with Crippen molar-refractivity contribution in [2.24, 2.45) is 0 Å². The molecule has 18 heavy (non-hydrogen) atoms. The molecule has 0 spiro atoms. The van der Waals surface area contributed by atoms with E-state index in [9.17, 15) is 5.11 Å². The highest BCUT2D eigenvalue weighted by Crippen LogP contribution is 2.38. The van der Waals surface area contributed by atoms with Crippen LogP contribution in [-0.2, 0) is 6.61 Å². The van der Waals surface area contributed by atoms with Crippen molar-refractivity contribution in [3.63, 3.8) is 0 Å². The predicted molar refractivity (Wildman–Crippen MR) is 75.7 cm³/mol. The van der Waals surface area contributed by atoms with E-state index in [1.165, 1.54) is 23.1 Å². The minimum Gasteiger partial charge on any atom is -0.392 e. The molecule has 0 aliphatic heterocycles. The highest BCUT2D eigenvalue weighted by atomic mass is 35.5. The molecule has 4 nitrogen and oxygen atoms in total. The second-order valence-electron chi connectivity index (χ2n) is 3.73. The minimum atomic E-state index is -0.0394. The number of aromatic nitrogens is 2. The van der Waals surface area contributed by atoms with Crippen LogP contribution in [-0.4, -0.2) is 29.4 Å². The van der Waals surface area contributed by atoms with Crippen molar-refractivity contribution in [2.75, 3.05) is 19.0 Å². The van der Waals surface area contributed by atoms with Gasteiger partial charge in [0, 0.05) is 19.0 Å². The number of halogens is 1. The summed E-state index contributed by atoms with van der Waals surface area (Å²) >= 11 is 9.06. The molecule has 1 heterocycles. The molecule has 7 heteroatoms. The molecule has 0 saturated heterocycles. The second-order valence-corrected chi connectivity index (χ2v) is 6.35. The van der Waals surface area contributed by atoms with Crippen LogP contribution in [0.5, 0.6) is 0 Å². The third kappa shape index (κ3) is 2.95. The Labute approximate surface area is 119 Å². The fraction of sp³-hybridized carbons (Fsp3) is 0.273. The molecule has 2 rings (SSSR count). The first-order valence-corrected chi connectivity index (χ1v) is 7.20. The number of aliphatic hydroxyl groups is 1. The lowest BCUT2D eigenvalue weighted by Gasteiger charge is -2.06. The van der Waals surface area contributed by atoms with Gasteiger partial charge in [-0.3, -0.25) is 0 Å². The molecule has 0 aliphatic rings. The molecule has 0 saturated carbocycles. The Balaban J connectivity index is 2.27. The van der Waals surface area contributed by atoms with Gasteiger partial charge in [-0.1, -0.05) is 46.8 Å². The summed E-state index contributed by atoms with van der Waals surface area (Å²) in [5.74, 6) is 0. The maximum atomic E-state index is 9.30. The SMILES string of the molecule is CN(C)c1nnc(Sc2c(Cl)cccc2CO)s1. The molecular weight excluding hydrogens is 290 g/mol. The Kier molecular flexibility index (Phi) is 4.45. The van der Waals surface area contributed by atoms with Gasteiger partial charge in [0.05, 0.1) is 11.6 Å². The lowest BCUT2D eigenvalue weighted by atomic mass is 10.2. The van der Waals surface area contributed by atoms with Gasteiger partial charge in [0.25, 0.3) is 0 Å². The maximum Gasteiger partial charge on any atom is 0.208 e. The second kappa shape index (κ2) is 5.88. The van der Waals surface area contributed by atoms with Crippen molar-refractivity contribution in [2.45, 2.75) is 15.8 Å². The Hall–Kier alpha value is -0.820. The van der Waals surface area contributed by atoms with Gasteiger partial charge in [-0.05, 0) is 11.6 Å². The fourth-order valence-corrected chi connectivity index (χ4v) is 3.44. The minimum absolute atomic E-state index is 0.0394. The quantitative estimate of drug-likeness (QED) is 0.941. The van der Waals surface area contributed by atoms with Gasteiger partial charge < -0.3 is 10.0 Å². The number of nitrogens with zero attached hydrogens (tertiary/aromatic N) is 3. The molecule has 2 aromatic rings. The van der Waals surface area contributed by atoms with Crippen LogP contribution in [0.1, 0.15) is 5.56 Å². The van der Waals surface area contributed by atoms with Crippen LogP contribution in [0.25, 0.3) is 0 Å². The van der Waals surface area contributed by atoms with Gasteiger partial charge in [0.2, 0.25) is 5.13 Å². The molecular formula is C11H12ClN3OS2. The normalized spacial score (nSPS) is 10.7. The molecule has 0 unspecified atom stereocenters. The van der Waals surface area contributed by atoms with E-state index in [0.717, 1.165) is 19.9 Å². The van der Waals surface area contributed by atoms with Crippen molar-refractivity contribution in [3.8, 4) is 0 Å². The lowest BCUT2D eigenvalue weighted by molar-refractivity contribution is 0.279. The zero-order chi connectivity index (χ0) is 13.1. The first-order valence-electron chi connectivity index (χ1n) is 5.18. The molecule has 0 atom stereocenters. The Morgan fingerprint density at radius 3 is 2.78 bits per heavy atom. The van der Waals surface area contributed by atoms with Crippen LogP contribution in [0.3, 0.4) is 0 Å². The van der Waals surface area contributed by atoms with Gasteiger partial charge in [-0.2, -0.15) is 0 Å². The molecule has 0 fully saturated rings. The molecule has 96 valence electrons. The Morgan fingerprint density at radius 2 is 2.17 bits per heavy atom. The van der Waals surface area contributed by atoms with E-state index in [4.69, 9.17) is 11.6 Å². The van der Waals surface area contributed by atoms with E-state index in [-0.39, 0.29) is 6.61 Å². The zero-order valence-corrected chi connectivity index (χ0v) is 12.3. The molecule has 1 aromatic carbocycles. The fourth-order valence-electron chi connectivity index (χ4n) is 1.30. The van der Waals surface area contributed by atoms with E-state index in [0.29, 0.717) is 5.02 Å². The summed E-state index contributed by atoms with van der Waals surface area (Å²) in [5.41, 5.74) is 0.800. The molecule has 0 amide bonds. The third-order valence-corrected chi connectivity index (χ3v) is 4.94. The summed E-state index contributed by atoms with van der Waals surface area (Å²) in [6, 6.07) is 5.47. The summed E-state index contributed by atoms with van der Waals surface area (Å²) in [6.07, 6.45) is 0. The smallest absolute Gasteiger partial charge is 0.208 e. The van der Waals surface area contributed by atoms with Crippen molar-refractivity contribution < 1.29 is 5.11 Å². The first-order chi connectivity index (χ1) is 8.61. The van der Waals surface area contributed by atoms with E-state index < -0.39 is 0 Å². The van der Waals surface area contributed by atoms with E-state index in [1.807, 2.05) is 31.1 Å². The largest absolute Gasteiger partial charge is 0.392 e. The van der Waals surface area contributed by atoms with Gasteiger partial charge in [0.15, 0.2) is 4.34 Å². The topological polar surface area (TPSA) is 49.2 Å². The van der Waals surface area contributed by atoms with Crippen LogP contribution in [0, 0.1) is 0 Å². The van der Waals surface area contributed by atoms with Crippen LogP contribution < -0.4 is 4.90 Å². The first kappa shape index (κ1) is 13.6. The van der Waals surface area contributed by atoms with Crippen LogP contribution >= 0.6 is 34.7 Å². The monoisotopic (exact) mass is 301 g/mol. The molecule has 0 aliphatic carbocycles. The summed E-state index contributed by atoms with van der Waals surface area (Å²) < 4.78 is 0.807. The van der Waals surface area contributed by atoms with Crippen LogP contribution in [0.4, 0.5) is 5.13 Å². The van der Waals surface area contributed by atoms with E-state index in [2.05, 4.69) is 10.2 Å². The highest BCUT2D eigenvalue weighted by Gasteiger charge is 2.12. The standard InChI is InChI=1S/C11H12ClN3OS2/c1-15(2)10-13-14-11(18-10)17-9-7(6-16)4-3-5-8(9)12/h3-5,16H,6H2,1-2H3. The van der Waals surface area contributed by atoms with Crippen molar-refractivity contribution in [3.05, 3.63) is 28.8 Å². The molecule has 0 bridgehead atoms. The summed E-state index contributed by atoms with van der Waals surface area (Å²) in [5, 5.41) is 18.9. The average molecular weight is 302 g/mol. The molecule has 1 aromatic heterocycles. The summed E-state index contributed by atoms with van der Waals surface area (Å²) in [4.78, 5) is 2.74. The number of anilines is 1. The van der Waals surface area contributed by atoms with Gasteiger partial charge in [-0.25, -0.2) is 0 Å². The van der Waals surface area contributed by atoms with Gasteiger partial charge in [0.1, 0.15) is 0 Å². The zero-order valence-electron chi connectivity index (χ0n) is 9.92. The van der Waals surface area contributed by atoms with Gasteiger partial charge >= 0.3 is 0 Å². The van der Waals surface area contributed by atoms with Crippen molar-refractivity contribution >= 4 is 39.8 Å². The van der Waals surface area contributed by atoms with Crippen molar-refractivity contribution in [1.82, 2.24) is 10.2 Å². The average Bonchev–Trinajstić information content (AvgIpc) is 2.80. The van der Waals surface area contributed by atoms with E-state index in [1.54, 1.807) is 6.07 Å². The van der Waals surface area contributed by atoms with E-state index >= 15 is 0 Å². The summed E-state index contributed by atoms with van der Waals surface area (Å²) in [7, 11) is 3.84. The van der Waals surface area contributed by atoms with Crippen LogP contribution in [0.2, 0.25) is 5.02 Å². The van der Waals surface area contributed by atoms with Crippen LogP contribution in [0.15, 0.2) is 27.4 Å². The van der Waals surface area contributed by atoms with Gasteiger partial charge in [-0.15, -0.1) is 10.2 Å². The molecule has 1 N–H and O–H groups in total. The Bertz CT molecular complexity index is 545. The Morgan fingerprint density at radius 1 is 1.39 bits per heavy atom. The molecule has 0 radical (unpaired) electrons. The number of benzene rings is 1. The predicted octanol–water partition coefficient (Wildman–Crippen LogP) is 2.90.